The molecule has 3 aromatic rings. The molecule has 2 aromatic heterocycles. The van der Waals surface area contributed by atoms with Crippen molar-refractivity contribution in [2.75, 3.05) is 5.43 Å². The monoisotopic (exact) mass is 237 g/mol. The Bertz CT molecular complexity index is 681. The Hall–Kier alpha value is -2.53. The number of benzene rings is 1. The van der Waals surface area contributed by atoms with Gasteiger partial charge in [-0.1, -0.05) is 30.3 Å². The maximum Gasteiger partial charge on any atom is 0.189 e. The van der Waals surface area contributed by atoms with E-state index in [1.165, 1.54) is 0 Å². The number of hydrogen-bond donors (Lipinski definition) is 2. The highest BCUT2D eigenvalue weighted by Gasteiger charge is 2.10. The summed E-state index contributed by atoms with van der Waals surface area (Å²) < 4.78 is 0. The Kier molecular flexibility index (Phi) is 2.59. The smallest absolute Gasteiger partial charge is 0.189 e. The zero-order valence-electron chi connectivity index (χ0n) is 9.54. The van der Waals surface area contributed by atoms with Crippen LogP contribution in [0.5, 0.6) is 0 Å². The number of nitrogens with zero attached hydrogens (tertiary/aromatic N) is 3. The predicted molar refractivity (Wildman–Crippen MR) is 70.6 cm³/mol. The topological polar surface area (TPSA) is 76.7 Å². The lowest BCUT2D eigenvalue weighted by Crippen LogP contribution is -2.10. The number of aromatic nitrogens is 3. The molecule has 2 heterocycles. The van der Waals surface area contributed by atoms with Gasteiger partial charge in [-0.05, 0) is 12.1 Å². The Balaban J connectivity index is 2.32. The Morgan fingerprint density at radius 3 is 2.56 bits per heavy atom. The van der Waals surface area contributed by atoms with Gasteiger partial charge in [0.25, 0.3) is 0 Å². The fourth-order valence-electron chi connectivity index (χ4n) is 1.89. The number of rotatable bonds is 2. The van der Waals surface area contributed by atoms with E-state index >= 15 is 0 Å². The van der Waals surface area contributed by atoms with Crippen molar-refractivity contribution in [1.82, 2.24) is 15.2 Å². The van der Waals surface area contributed by atoms with Gasteiger partial charge >= 0.3 is 0 Å². The van der Waals surface area contributed by atoms with Crippen molar-refractivity contribution in [2.45, 2.75) is 0 Å². The van der Waals surface area contributed by atoms with Crippen molar-refractivity contribution < 1.29 is 0 Å². The highest BCUT2D eigenvalue weighted by molar-refractivity contribution is 5.97. The van der Waals surface area contributed by atoms with Crippen LogP contribution in [0.25, 0.3) is 22.2 Å². The number of nitrogens with one attached hydrogen (secondary N) is 1. The standard InChI is InChI=1S/C13H11N5/c14-16-13-12-10(7-4-8-15-12)11(17-18-13)9-5-2-1-3-6-9/h1-8H,14H2,(H,16,18). The number of nitrogens with two attached hydrogens (primary N) is 1. The van der Waals surface area contributed by atoms with Crippen molar-refractivity contribution in [2.24, 2.45) is 5.84 Å². The molecule has 0 saturated carbocycles. The van der Waals surface area contributed by atoms with Crippen LogP contribution in [-0.2, 0) is 0 Å². The summed E-state index contributed by atoms with van der Waals surface area (Å²) in [4.78, 5) is 4.29. The van der Waals surface area contributed by atoms with Gasteiger partial charge in [-0.2, -0.15) is 0 Å². The van der Waals surface area contributed by atoms with Crippen LogP contribution in [0.3, 0.4) is 0 Å². The minimum Gasteiger partial charge on any atom is -0.305 e. The quantitative estimate of drug-likeness (QED) is 0.526. The summed E-state index contributed by atoms with van der Waals surface area (Å²) in [5.74, 6) is 5.89. The number of hydrazine groups is 1. The molecule has 5 heteroatoms. The lowest BCUT2D eigenvalue weighted by molar-refractivity contribution is 1.04. The number of hydrogen-bond acceptors (Lipinski definition) is 5. The van der Waals surface area contributed by atoms with Crippen LogP contribution in [0, 0.1) is 0 Å². The van der Waals surface area contributed by atoms with Gasteiger partial charge in [0.2, 0.25) is 0 Å². The molecule has 0 radical (unpaired) electrons. The van der Waals surface area contributed by atoms with Crippen molar-refractivity contribution in [3.8, 4) is 11.3 Å². The average Bonchev–Trinajstić information content (AvgIpc) is 2.47. The van der Waals surface area contributed by atoms with E-state index in [9.17, 15) is 0 Å². The number of pyridine rings is 1. The molecule has 0 saturated heterocycles. The minimum absolute atomic E-state index is 0.477. The third-order valence-corrected chi connectivity index (χ3v) is 2.72. The van der Waals surface area contributed by atoms with Crippen molar-refractivity contribution in [3.05, 3.63) is 48.7 Å². The first-order valence-corrected chi connectivity index (χ1v) is 5.53. The molecular weight excluding hydrogens is 226 g/mol. The van der Waals surface area contributed by atoms with Crippen LogP contribution in [0.1, 0.15) is 0 Å². The third-order valence-electron chi connectivity index (χ3n) is 2.72. The van der Waals surface area contributed by atoms with Crippen molar-refractivity contribution in [1.29, 1.82) is 0 Å². The second kappa shape index (κ2) is 4.38. The molecule has 0 fully saturated rings. The first-order valence-electron chi connectivity index (χ1n) is 5.53. The lowest BCUT2D eigenvalue weighted by atomic mass is 10.1. The maximum absolute atomic E-state index is 5.41. The van der Waals surface area contributed by atoms with Gasteiger partial charge in [0.15, 0.2) is 5.82 Å². The SMILES string of the molecule is NNc1nnc(-c2ccccc2)c2cccnc12. The minimum atomic E-state index is 0.477. The summed E-state index contributed by atoms with van der Waals surface area (Å²) in [6.45, 7) is 0. The number of nitrogen functional groups attached to an aromatic ring is 1. The molecule has 0 amide bonds. The van der Waals surface area contributed by atoms with E-state index in [-0.39, 0.29) is 0 Å². The summed E-state index contributed by atoms with van der Waals surface area (Å²) in [7, 11) is 0. The van der Waals surface area contributed by atoms with E-state index in [0.29, 0.717) is 11.3 Å². The number of fused-ring (bicyclic) bond motifs is 1. The molecule has 5 nitrogen and oxygen atoms in total. The first-order chi connectivity index (χ1) is 8.90. The highest BCUT2D eigenvalue weighted by atomic mass is 15.3. The summed E-state index contributed by atoms with van der Waals surface area (Å²) in [5.41, 5.74) is 5.04. The van der Waals surface area contributed by atoms with Gasteiger partial charge < -0.3 is 5.43 Å². The lowest BCUT2D eigenvalue weighted by Gasteiger charge is -2.07. The molecule has 3 N–H and O–H groups in total. The molecule has 0 bridgehead atoms. The van der Waals surface area contributed by atoms with E-state index < -0.39 is 0 Å². The normalized spacial score (nSPS) is 10.5. The van der Waals surface area contributed by atoms with Crippen LogP contribution in [0.4, 0.5) is 5.82 Å². The van der Waals surface area contributed by atoms with E-state index in [4.69, 9.17) is 5.84 Å². The zero-order valence-corrected chi connectivity index (χ0v) is 9.54. The van der Waals surface area contributed by atoms with Gasteiger partial charge in [0.05, 0.1) is 0 Å². The molecule has 0 atom stereocenters. The highest BCUT2D eigenvalue weighted by Crippen LogP contribution is 2.27. The molecule has 3 rings (SSSR count). The fraction of sp³-hybridized carbons (Fsp3) is 0. The van der Waals surface area contributed by atoms with Crippen LogP contribution in [-0.4, -0.2) is 15.2 Å². The maximum atomic E-state index is 5.41. The molecule has 88 valence electrons. The van der Waals surface area contributed by atoms with Crippen molar-refractivity contribution >= 4 is 16.7 Å². The molecule has 0 aliphatic rings. The summed E-state index contributed by atoms with van der Waals surface area (Å²) in [6, 6.07) is 13.7. The average molecular weight is 237 g/mol. The van der Waals surface area contributed by atoms with Gasteiger partial charge in [-0.25, -0.2) is 5.84 Å². The Morgan fingerprint density at radius 1 is 0.944 bits per heavy atom. The molecule has 18 heavy (non-hydrogen) atoms. The van der Waals surface area contributed by atoms with E-state index in [1.54, 1.807) is 6.20 Å². The third kappa shape index (κ3) is 1.66. The molecule has 0 aliphatic heterocycles. The van der Waals surface area contributed by atoms with Crippen LogP contribution < -0.4 is 11.3 Å². The molecular formula is C13H11N5. The van der Waals surface area contributed by atoms with E-state index in [1.807, 2.05) is 42.5 Å². The van der Waals surface area contributed by atoms with Crippen molar-refractivity contribution in [3.63, 3.8) is 0 Å². The van der Waals surface area contributed by atoms with Gasteiger partial charge in [-0.15, -0.1) is 10.2 Å². The first kappa shape index (κ1) is 10.6. The Labute approximate surface area is 104 Å². The van der Waals surface area contributed by atoms with Crippen LogP contribution in [0.2, 0.25) is 0 Å². The van der Waals surface area contributed by atoms with E-state index in [2.05, 4.69) is 20.6 Å². The molecule has 0 spiro atoms. The fourth-order valence-corrected chi connectivity index (χ4v) is 1.89. The van der Waals surface area contributed by atoms with Gasteiger partial charge in [-0.3, -0.25) is 4.98 Å². The number of anilines is 1. The summed E-state index contributed by atoms with van der Waals surface area (Å²) in [6.07, 6.45) is 1.71. The second-order valence-electron chi connectivity index (χ2n) is 3.81. The second-order valence-corrected chi connectivity index (χ2v) is 3.81. The zero-order chi connectivity index (χ0) is 12.4. The van der Waals surface area contributed by atoms with Gasteiger partial charge in [0, 0.05) is 17.1 Å². The Morgan fingerprint density at radius 2 is 1.78 bits per heavy atom. The molecule has 0 unspecified atom stereocenters. The summed E-state index contributed by atoms with van der Waals surface area (Å²) in [5, 5.41) is 9.19. The van der Waals surface area contributed by atoms with E-state index in [0.717, 1.165) is 16.6 Å². The van der Waals surface area contributed by atoms with Crippen LogP contribution in [0.15, 0.2) is 48.7 Å². The molecule has 1 aromatic carbocycles. The van der Waals surface area contributed by atoms with Gasteiger partial charge in [0.1, 0.15) is 11.2 Å². The predicted octanol–water partition coefficient (Wildman–Crippen LogP) is 1.98. The summed E-state index contributed by atoms with van der Waals surface area (Å²) >= 11 is 0. The largest absolute Gasteiger partial charge is 0.305 e. The molecule has 0 aliphatic carbocycles. The van der Waals surface area contributed by atoms with Crippen LogP contribution >= 0.6 is 0 Å².